The first-order valence-corrected chi connectivity index (χ1v) is 7.02. The van der Waals surface area contributed by atoms with Crippen molar-refractivity contribution in [3.05, 3.63) is 64.9 Å². The summed E-state index contributed by atoms with van der Waals surface area (Å²) >= 11 is 6.14. The Labute approximate surface area is 127 Å². The molecule has 3 rings (SSSR count). The normalized spacial score (nSPS) is 10.7. The number of hydrogen-bond acceptors (Lipinski definition) is 4. The van der Waals surface area contributed by atoms with Crippen molar-refractivity contribution >= 4 is 17.3 Å². The van der Waals surface area contributed by atoms with Crippen LogP contribution in [0.15, 0.2) is 53.1 Å². The van der Waals surface area contributed by atoms with Crippen LogP contribution in [0.25, 0.3) is 11.5 Å². The Kier molecular flexibility index (Phi) is 3.88. The molecule has 0 aliphatic rings. The van der Waals surface area contributed by atoms with Gasteiger partial charge in [0.15, 0.2) is 5.82 Å². The first-order valence-electron chi connectivity index (χ1n) is 6.65. The van der Waals surface area contributed by atoms with Crippen LogP contribution in [0.3, 0.4) is 0 Å². The molecule has 4 nitrogen and oxygen atoms in total. The molecule has 0 amide bonds. The number of aryl methyl sites for hydroxylation is 2. The second kappa shape index (κ2) is 5.97. The van der Waals surface area contributed by atoms with Crippen molar-refractivity contribution in [2.24, 2.45) is 0 Å². The molecule has 0 saturated carbocycles. The summed E-state index contributed by atoms with van der Waals surface area (Å²) in [6.45, 7) is 0. The van der Waals surface area contributed by atoms with E-state index in [0.717, 1.165) is 6.42 Å². The second-order valence-corrected chi connectivity index (χ2v) is 5.11. The van der Waals surface area contributed by atoms with Gasteiger partial charge >= 0.3 is 0 Å². The van der Waals surface area contributed by atoms with Crippen LogP contribution in [-0.4, -0.2) is 10.1 Å². The van der Waals surface area contributed by atoms with Crippen LogP contribution in [0.4, 0.5) is 5.69 Å². The van der Waals surface area contributed by atoms with Crippen molar-refractivity contribution in [3.63, 3.8) is 0 Å². The van der Waals surface area contributed by atoms with Gasteiger partial charge in [0, 0.05) is 12.1 Å². The van der Waals surface area contributed by atoms with Gasteiger partial charge in [-0.3, -0.25) is 0 Å². The van der Waals surface area contributed by atoms with Crippen LogP contribution < -0.4 is 5.73 Å². The van der Waals surface area contributed by atoms with Crippen LogP contribution in [0.5, 0.6) is 0 Å². The van der Waals surface area contributed by atoms with Gasteiger partial charge in [0.05, 0.1) is 10.6 Å². The Morgan fingerprint density at radius 1 is 1.00 bits per heavy atom. The number of rotatable bonds is 4. The lowest BCUT2D eigenvalue weighted by atomic mass is 10.1. The zero-order chi connectivity index (χ0) is 14.7. The summed E-state index contributed by atoms with van der Waals surface area (Å²) in [6.07, 6.45) is 1.57. The molecule has 3 aromatic rings. The summed E-state index contributed by atoms with van der Waals surface area (Å²) < 4.78 is 5.28. The minimum atomic E-state index is 0.362. The minimum absolute atomic E-state index is 0.362. The third kappa shape index (κ3) is 3.06. The molecule has 5 heteroatoms. The molecule has 0 radical (unpaired) electrons. The first-order chi connectivity index (χ1) is 10.2. The number of benzene rings is 2. The Morgan fingerprint density at radius 2 is 1.81 bits per heavy atom. The Morgan fingerprint density at radius 3 is 2.57 bits per heavy atom. The third-order valence-corrected chi connectivity index (χ3v) is 3.52. The average Bonchev–Trinajstić information content (AvgIpc) is 2.95. The van der Waals surface area contributed by atoms with Crippen molar-refractivity contribution in [2.75, 3.05) is 5.73 Å². The van der Waals surface area contributed by atoms with E-state index < -0.39 is 0 Å². The molecule has 0 aliphatic heterocycles. The molecule has 0 aliphatic carbocycles. The summed E-state index contributed by atoms with van der Waals surface area (Å²) in [6, 6.07) is 15.5. The Hall–Kier alpha value is -2.33. The minimum Gasteiger partial charge on any atom is -0.398 e. The number of hydrogen-bond donors (Lipinski definition) is 1. The van der Waals surface area contributed by atoms with E-state index in [9.17, 15) is 0 Å². The van der Waals surface area contributed by atoms with Crippen LogP contribution >= 0.6 is 11.6 Å². The fraction of sp³-hybridized carbons (Fsp3) is 0.125. The lowest BCUT2D eigenvalue weighted by Crippen LogP contribution is -1.94. The lowest BCUT2D eigenvalue weighted by molar-refractivity contribution is 0.422. The summed E-state index contributed by atoms with van der Waals surface area (Å²) in [4.78, 5) is 4.38. The fourth-order valence-electron chi connectivity index (χ4n) is 2.12. The van der Waals surface area contributed by atoms with Crippen molar-refractivity contribution in [1.82, 2.24) is 10.1 Å². The smallest absolute Gasteiger partial charge is 0.261 e. The Bertz CT molecular complexity index is 720. The van der Waals surface area contributed by atoms with E-state index in [0.29, 0.717) is 34.4 Å². The van der Waals surface area contributed by atoms with E-state index in [-0.39, 0.29) is 0 Å². The predicted molar refractivity (Wildman–Crippen MR) is 83.0 cm³/mol. The van der Waals surface area contributed by atoms with Crippen LogP contribution in [0.2, 0.25) is 5.02 Å². The maximum Gasteiger partial charge on any atom is 0.261 e. The maximum atomic E-state index is 6.14. The molecule has 1 aromatic heterocycles. The highest BCUT2D eigenvalue weighted by Gasteiger charge is 2.15. The molecule has 0 unspecified atom stereocenters. The molecule has 0 spiro atoms. The number of anilines is 1. The van der Waals surface area contributed by atoms with Gasteiger partial charge in [-0.2, -0.15) is 4.98 Å². The lowest BCUT2D eigenvalue weighted by Gasteiger charge is -2.01. The molecule has 106 valence electrons. The van der Waals surface area contributed by atoms with E-state index in [4.69, 9.17) is 21.9 Å². The maximum absolute atomic E-state index is 6.14. The fourth-order valence-corrected chi connectivity index (χ4v) is 2.39. The van der Waals surface area contributed by atoms with Crippen LogP contribution in [0.1, 0.15) is 11.4 Å². The van der Waals surface area contributed by atoms with Gasteiger partial charge < -0.3 is 10.3 Å². The molecule has 1 heterocycles. The molecule has 0 saturated heterocycles. The molecule has 0 fully saturated rings. The van der Waals surface area contributed by atoms with Gasteiger partial charge in [-0.05, 0) is 24.1 Å². The number of aromatic nitrogens is 2. The topological polar surface area (TPSA) is 64.9 Å². The molecule has 21 heavy (non-hydrogen) atoms. The number of nitrogen functional groups attached to an aromatic ring is 1. The molecule has 2 N–H and O–H groups in total. The van der Waals surface area contributed by atoms with Gasteiger partial charge in [-0.25, -0.2) is 0 Å². The summed E-state index contributed by atoms with van der Waals surface area (Å²) in [5, 5.41) is 4.50. The van der Waals surface area contributed by atoms with Crippen molar-refractivity contribution < 1.29 is 4.52 Å². The van der Waals surface area contributed by atoms with Gasteiger partial charge in [-0.15, -0.1) is 0 Å². The van der Waals surface area contributed by atoms with E-state index in [1.165, 1.54) is 5.56 Å². The van der Waals surface area contributed by atoms with Gasteiger partial charge in [-0.1, -0.05) is 53.2 Å². The highest BCUT2D eigenvalue weighted by Crippen LogP contribution is 2.31. The Balaban J connectivity index is 1.78. The van der Waals surface area contributed by atoms with E-state index in [2.05, 4.69) is 22.3 Å². The monoisotopic (exact) mass is 299 g/mol. The highest BCUT2D eigenvalue weighted by atomic mass is 35.5. The van der Waals surface area contributed by atoms with Crippen molar-refractivity contribution in [2.45, 2.75) is 12.8 Å². The van der Waals surface area contributed by atoms with E-state index in [1.54, 1.807) is 18.2 Å². The molecule has 0 atom stereocenters. The van der Waals surface area contributed by atoms with Crippen molar-refractivity contribution in [1.29, 1.82) is 0 Å². The molecule has 2 aromatic carbocycles. The van der Waals surface area contributed by atoms with E-state index in [1.807, 2.05) is 18.2 Å². The standard InChI is InChI=1S/C16H14ClN3O/c17-12-7-4-8-13(18)15(12)16-19-14(20-21-16)10-9-11-5-2-1-3-6-11/h1-8H,9-10,18H2. The van der Waals surface area contributed by atoms with Crippen LogP contribution in [0, 0.1) is 0 Å². The third-order valence-electron chi connectivity index (χ3n) is 3.21. The van der Waals surface area contributed by atoms with Gasteiger partial charge in [0.2, 0.25) is 0 Å². The zero-order valence-electron chi connectivity index (χ0n) is 11.3. The average molecular weight is 300 g/mol. The number of nitrogens with two attached hydrogens (primary N) is 1. The van der Waals surface area contributed by atoms with Gasteiger partial charge in [0.25, 0.3) is 5.89 Å². The summed E-state index contributed by atoms with van der Waals surface area (Å²) in [7, 11) is 0. The summed E-state index contributed by atoms with van der Waals surface area (Å²) in [5.41, 5.74) is 8.28. The number of nitrogens with zero attached hydrogens (tertiary/aromatic N) is 2. The first kappa shape index (κ1) is 13.6. The molecular formula is C16H14ClN3O. The summed E-state index contributed by atoms with van der Waals surface area (Å²) in [5.74, 6) is 1.01. The largest absolute Gasteiger partial charge is 0.398 e. The van der Waals surface area contributed by atoms with Crippen molar-refractivity contribution in [3.8, 4) is 11.5 Å². The second-order valence-electron chi connectivity index (χ2n) is 4.71. The molecular weight excluding hydrogens is 286 g/mol. The molecule has 0 bridgehead atoms. The predicted octanol–water partition coefficient (Wildman–Crippen LogP) is 3.76. The van der Waals surface area contributed by atoms with Gasteiger partial charge in [0.1, 0.15) is 0 Å². The highest BCUT2D eigenvalue weighted by molar-refractivity contribution is 6.33. The zero-order valence-corrected chi connectivity index (χ0v) is 12.0. The van der Waals surface area contributed by atoms with Crippen LogP contribution in [-0.2, 0) is 12.8 Å². The number of halogens is 1. The SMILES string of the molecule is Nc1cccc(Cl)c1-c1nc(CCc2ccccc2)no1. The van der Waals surface area contributed by atoms with E-state index >= 15 is 0 Å². The quantitative estimate of drug-likeness (QED) is 0.745.